The van der Waals surface area contributed by atoms with E-state index in [1.807, 2.05) is 31.2 Å². The number of nitrogens with one attached hydrogen (secondary N) is 1. The Bertz CT molecular complexity index is 1710. The number of halogens is 1. The fourth-order valence-electron chi connectivity index (χ4n) is 3.76. The van der Waals surface area contributed by atoms with Crippen molar-refractivity contribution in [2.75, 3.05) is 12.4 Å². The highest BCUT2D eigenvalue weighted by atomic mass is 32.2. The molecule has 0 radical (unpaired) electrons. The Morgan fingerprint density at radius 2 is 1.95 bits per heavy atom. The number of hydrogen-bond donors (Lipinski definition) is 1. The zero-order valence-electron chi connectivity index (χ0n) is 20.0. The first-order valence-corrected chi connectivity index (χ1v) is 13.8. The highest BCUT2D eigenvalue weighted by Gasteiger charge is 2.21. The normalized spacial score (nSPS) is 11.1. The van der Waals surface area contributed by atoms with Crippen LogP contribution in [0.3, 0.4) is 0 Å². The molecular weight excluding hydrogens is 548 g/mol. The molecule has 38 heavy (non-hydrogen) atoms. The first-order valence-electron chi connectivity index (χ1n) is 11.5. The summed E-state index contributed by atoms with van der Waals surface area (Å²) in [6.07, 6.45) is 1.53. The molecule has 2 aromatic carbocycles. The third kappa shape index (κ3) is 5.28. The Morgan fingerprint density at radius 1 is 1.16 bits per heavy atom. The summed E-state index contributed by atoms with van der Waals surface area (Å²) in [6, 6.07) is 16.4. The maximum atomic E-state index is 13.8. The quantitative estimate of drug-likeness (QED) is 0.143. The van der Waals surface area contributed by atoms with Crippen molar-refractivity contribution in [2.24, 2.45) is 0 Å². The van der Waals surface area contributed by atoms with Crippen molar-refractivity contribution in [2.45, 2.75) is 18.6 Å². The number of aromatic nitrogens is 3. The molecule has 1 N–H and O–H groups in total. The van der Waals surface area contributed by atoms with Crippen LogP contribution < -0.4 is 15.6 Å². The average Bonchev–Trinajstić information content (AvgIpc) is 3.55. The van der Waals surface area contributed by atoms with Crippen molar-refractivity contribution in [1.29, 1.82) is 0 Å². The van der Waals surface area contributed by atoms with E-state index in [0.29, 0.717) is 43.8 Å². The Hall–Kier alpha value is -3.74. The summed E-state index contributed by atoms with van der Waals surface area (Å²) in [5.74, 6) is 0.505. The molecule has 0 saturated carbocycles. The monoisotopic (exact) mass is 568 g/mol. The van der Waals surface area contributed by atoms with E-state index in [0.717, 1.165) is 23.1 Å². The molecule has 0 atom stereocenters. The second kappa shape index (κ2) is 11.3. The molecule has 3 aromatic heterocycles. The molecule has 0 saturated heterocycles. The zero-order valence-corrected chi connectivity index (χ0v) is 22.5. The largest absolute Gasteiger partial charge is 0.492 e. The lowest BCUT2D eigenvalue weighted by Gasteiger charge is -2.14. The van der Waals surface area contributed by atoms with Crippen LogP contribution in [-0.2, 0) is 11.3 Å². The summed E-state index contributed by atoms with van der Waals surface area (Å²) in [4.78, 5) is 31.2. The number of rotatable bonds is 9. The Morgan fingerprint density at radius 3 is 2.68 bits per heavy atom. The number of thioether (sulfide) groups is 1. The first-order chi connectivity index (χ1) is 18.5. The molecule has 5 rings (SSSR count). The lowest BCUT2D eigenvalue weighted by molar-refractivity contribution is -0.118. The van der Waals surface area contributed by atoms with E-state index in [1.165, 1.54) is 35.1 Å². The molecule has 5 aromatic rings. The van der Waals surface area contributed by atoms with Gasteiger partial charge in [0, 0.05) is 0 Å². The van der Waals surface area contributed by atoms with Crippen molar-refractivity contribution in [3.05, 3.63) is 92.8 Å². The van der Waals surface area contributed by atoms with E-state index in [4.69, 9.17) is 26.4 Å². The van der Waals surface area contributed by atoms with Gasteiger partial charge >= 0.3 is 0 Å². The van der Waals surface area contributed by atoms with Gasteiger partial charge in [0.25, 0.3) is 5.56 Å². The Labute approximate surface area is 229 Å². The highest BCUT2D eigenvalue weighted by molar-refractivity contribution is 7.99. The lowest BCUT2D eigenvalue weighted by atomic mass is 10.3. The summed E-state index contributed by atoms with van der Waals surface area (Å²) in [7, 11) is 0. The van der Waals surface area contributed by atoms with E-state index in [1.54, 1.807) is 16.7 Å². The molecular formula is C26H21FN4O4S3. The van der Waals surface area contributed by atoms with Crippen LogP contribution in [0.15, 0.2) is 81.3 Å². The van der Waals surface area contributed by atoms with Gasteiger partial charge in [-0.2, -0.15) is 0 Å². The van der Waals surface area contributed by atoms with E-state index in [9.17, 15) is 14.0 Å². The third-order valence-corrected chi connectivity index (χ3v) is 7.73. The molecule has 194 valence electrons. The number of thiazole rings is 1. The molecule has 0 spiro atoms. The topological polar surface area (TPSA) is 91.3 Å². The number of nitrogens with zero attached hydrogens (tertiary/aromatic N) is 3. The number of para-hydroxylation sites is 2. The van der Waals surface area contributed by atoms with Gasteiger partial charge in [-0.1, -0.05) is 35.2 Å². The molecule has 0 aliphatic rings. The van der Waals surface area contributed by atoms with Gasteiger partial charge in [-0.3, -0.25) is 18.7 Å². The Kier molecular flexibility index (Phi) is 7.72. The van der Waals surface area contributed by atoms with Crippen LogP contribution in [0.1, 0.15) is 12.7 Å². The summed E-state index contributed by atoms with van der Waals surface area (Å²) >= 11 is 7.87. The SMILES string of the molecule is CCOc1ccccc1-n1c(=S)sc2c(=O)n(-c3ccc(F)cc3)c(SCC(=O)NCc3ccco3)nc21. The van der Waals surface area contributed by atoms with Crippen LogP contribution in [0.25, 0.3) is 21.7 Å². The summed E-state index contributed by atoms with van der Waals surface area (Å²) < 4.78 is 28.5. The van der Waals surface area contributed by atoms with Crippen LogP contribution >= 0.6 is 35.3 Å². The zero-order chi connectivity index (χ0) is 26.6. The van der Waals surface area contributed by atoms with Crippen molar-refractivity contribution >= 4 is 51.6 Å². The minimum absolute atomic E-state index is 0.0136. The van der Waals surface area contributed by atoms with Crippen LogP contribution in [0.2, 0.25) is 0 Å². The number of fused-ring (bicyclic) bond motifs is 1. The molecule has 0 fully saturated rings. The maximum Gasteiger partial charge on any atom is 0.278 e. The highest BCUT2D eigenvalue weighted by Crippen LogP contribution is 2.31. The number of amides is 1. The minimum atomic E-state index is -0.434. The van der Waals surface area contributed by atoms with E-state index in [-0.39, 0.29) is 28.9 Å². The predicted octanol–water partition coefficient (Wildman–Crippen LogP) is 5.51. The van der Waals surface area contributed by atoms with Crippen LogP contribution in [-0.4, -0.2) is 32.4 Å². The van der Waals surface area contributed by atoms with Crippen molar-refractivity contribution in [3.8, 4) is 17.1 Å². The van der Waals surface area contributed by atoms with Crippen LogP contribution in [0.4, 0.5) is 4.39 Å². The number of carbonyl (C=O) groups excluding carboxylic acids is 1. The fourth-order valence-corrected chi connectivity index (χ4v) is 5.89. The second-order valence-corrected chi connectivity index (χ2v) is 10.5. The standard InChI is InChI=1S/C26H21FN4O4S3/c1-2-34-20-8-4-3-7-19(20)31-23-22(38-26(31)36)24(33)30(17-11-9-16(27)10-12-17)25(29-23)37-15-21(32)28-14-18-6-5-13-35-18/h3-13H,2,14-15H2,1H3,(H,28,32). The van der Waals surface area contributed by atoms with Crippen molar-refractivity contribution in [1.82, 2.24) is 19.4 Å². The van der Waals surface area contributed by atoms with E-state index >= 15 is 0 Å². The molecule has 0 unspecified atom stereocenters. The van der Waals surface area contributed by atoms with Crippen LogP contribution in [0.5, 0.6) is 5.75 Å². The summed E-state index contributed by atoms with van der Waals surface area (Å²) in [6.45, 7) is 2.57. The number of carbonyl (C=O) groups is 1. The summed E-state index contributed by atoms with van der Waals surface area (Å²) in [5, 5.41) is 3.04. The molecule has 12 heteroatoms. The van der Waals surface area contributed by atoms with Gasteiger partial charge in [-0.15, -0.1) is 0 Å². The van der Waals surface area contributed by atoms with E-state index < -0.39 is 5.82 Å². The molecule has 8 nitrogen and oxygen atoms in total. The maximum absolute atomic E-state index is 13.8. The molecule has 1 amide bonds. The van der Waals surface area contributed by atoms with Crippen LogP contribution in [0, 0.1) is 9.77 Å². The fraction of sp³-hybridized carbons (Fsp3) is 0.154. The van der Waals surface area contributed by atoms with E-state index in [2.05, 4.69) is 5.32 Å². The Balaban J connectivity index is 1.60. The first kappa shape index (κ1) is 25.9. The molecule has 0 aliphatic heterocycles. The molecule has 3 heterocycles. The third-order valence-electron chi connectivity index (χ3n) is 5.44. The average molecular weight is 569 g/mol. The number of hydrogen-bond acceptors (Lipinski definition) is 8. The van der Waals surface area contributed by atoms with Gasteiger partial charge in [0.15, 0.2) is 14.8 Å². The molecule has 0 bridgehead atoms. The lowest BCUT2D eigenvalue weighted by Crippen LogP contribution is -2.26. The van der Waals surface area contributed by atoms with Gasteiger partial charge < -0.3 is 14.5 Å². The van der Waals surface area contributed by atoms with Gasteiger partial charge in [-0.25, -0.2) is 9.37 Å². The van der Waals surface area contributed by atoms with Crippen molar-refractivity contribution in [3.63, 3.8) is 0 Å². The minimum Gasteiger partial charge on any atom is -0.492 e. The predicted molar refractivity (Wildman–Crippen MR) is 148 cm³/mol. The van der Waals surface area contributed by atoms with Gasteiger partial charge in [0.2, 0.25) is 5.91 Å². The van der Waals surface area contributed by atoms with Gasteiger partial charge in [-0.05, 0) is 67.7 Å². The van der Waals surface area contributed by atoms with Gasteiger partial charge in [0.05, 0.1) is 36.5 Å². The van der Waals surface area contributed by atoms with Gasteiger partial charge in [0.1, 0.15) is 22.0 Å². The van der Waals surface area contributed by atoms with Crippen molar-refractivity contribution < 1.29 is 18.3 Å². The smallest absolute Gasteiger partial charge is 0.278 e. The number of furan rings is 1. The summed E-state index contributed by atoms with van der Waals surface area (Å²) in [5.41, 5.74) is 1.06. The second-order valence-electron chi connectivity index (χ2n) is 7.91. The molecule has 0 aliphatic carbocycles. The number of benzene rings is 2. The number of ether oxygens (including phenoxy) is 1.